The zero-order valence-electron chi connectivity index (χ0n) is 13.3. The van der Waals surface area contributed by atoms with Gasteiger partial charge in [-0.1, -0.05) is 12.8 Å². The number of hydrogen-bond donors (Lipinski definition) is 2. The average Bonchev–Trinajstić information content (AvgIpc) is 2.98. The van der Waals surface area contributed by atoms with Crippen LogP contribution in [0.2, 0.25) is 0 Å². The molecule has 2 rings (SSSR count). The van der Waals surface area contributed by atoms with Crippen LogP contribution in [0.15, 0.2) is 9.31 Å². The van der Waals surface area contributed by atoms with Gasteiger partial charge in [-0.2, -0.15) is 0 Å². The van der Waals surface area contributed by atoms with E-state index in [9.17, 15) is 8.42 Å². The van der Waals surface area contributed by atoms with Crippen LogP contribution in [0.5, 0.6) is 0 Å². The molecule has 1 heterocycles. The fraction of sp³-hybridized carbons (Fsp3) is 0.733. The minimum atomic E-state index is -3.54. The molecular formula is C15H26N2O3S. The lowest BCUT2D eigenvalue weighted by atomic mass is 10.0. The van der Waals surface area contributed by atoms with E-state index in [1.807, 2.05) is 6.92 Å². The Kier molecular flexibility index (Phi) is 5.11. The van der Waals surface area contributed by atoms with Crippen LogP contribution >= 0.6 is 0 Å². The Labute approximate surface area is 127 Å². The van der Waals surface area contributed by atoms with Gasteiger partial charge in [0.1, 0.15) is 16.4 Å². The highest BCUT2D eigenvalue weighted by molar-refractivity contribution is 7.89. The van der Waals surface area contributed by atoms with Gasteiger partial charge in [-0.3, -0.25) is 0 Å². The second kappa shape index (κ2) is 6.50. The van der Waals surface area contributed by atoms with Crippen molar-refractivity contribution in [1.82, 2.24) is 10.0 Å². The summed E-state index contributed by atoms with van der Waals surface area (Å²) in [5.74, 6) is 1.57. The molecule has 1 aliphatic carbocycles. The normalized spacial score (nSPS) is 18.3. The van der Waals surface area contributed by atoms with Gasteiger partial charge >= 0.3 is 0 Å². The van der Waals surface area contributed by atoms with Gasteiger partial charge in [0.05, 0.1) is 0 Å². The molecule has 21 heavy (non-hydrogen) atoms. The van der Waals surface area contributed by atoms with Crippen molar-refractivity contribution in [1.29, 1.82) is 0 Å². The summed E-state index contributed by atoms with van der Waals surface area (Å²) in [6.07, 6.45) is 4.62. The summed E-state index contributed by atoms with van der Waals surface area (Å²) in [5.41, 5.74) is 0.723. The molecule has 0 radical (unpaired) electrons. The highest BCUT2D eigenvalue weighted by Gasteiger charge is 2.30. The Balaban J connectivity index is 2.26. The fourth-order valence-corrected chi connectivity index (χ4v) is 5.06. The molecular weight excluding hydrogens is 288 g/mol. The van der Waals surface area contributed by atoms with Gasteiger partial charge in [-0.25, -0.2) is 13.1 Å². The highest BCUT2D eigenvalue weighted by Crippen LogP contribution is 2.30. The Morgan fingerprint density at radius 2 is 1.86 bits per heavy atom. The average molecular weight is 314 g/mol. The van der Waals surface area contributed by atoms with E-state index >= 15 is 0 Å². The van der Waals surface area contributed by atoms with Gasteiger partial charge in [0, 0.05) is 18.2 Å². The van der Waals surface area contributed by atoms with E-state index in [1.165, 1.54) is 12.8 Å². The number of aryl methyl sites for hydroxylation is 2. The summed E-state index contributed by atoms with van der Waals surface area (Å²) in [6, 6.07) is -0.0328. The summed E-state index contributed by atoms with van der Waals surface area (Å²) >= 11 is 0. The predicted molar refractivity (Wildman–Crippen MR) is 82.7 cm³/mol. The highest BCUT2D eigenvalue weighted by atomic mass is 32.2. The van der Waals surface area contributed by atoms with Crippen molar-refractivity contribution in [3.8, 4) is 0 Å². The van der Waals surface area contributed by atoms with Gasteiger partial charge in [-0.15, -0.1) is 0 Å². The lowest BCUT2D eigenvalue weighted by Crippen LogP contribution is -2.37. The fourth-order valence-electron chi connectivity index (χ4n) is 3.30. The summed E-state index contributed by atoms with van der Waals surface area (Å²) in [6.45, 7) is 5.96. The van der Waals surface area contributed by atoms with Crippen LogP contribution in [0.3, 0.4) is 0 Å². The first-order valence-electron chi connectivity index (χ1n) is 7.62. The summed E-state index contributed by atoms with van der Waals surface area (Å²) in [7, 11) is -1.75. The molecule has 0 amide bonds. The lowest BCUT2D eigenvalue weighted by Gasteiger charge is -2.20. The number of nitrogens with one attached hydrogen (secondary N) is 2. The monoisotopic (exact) mass is 314 g/mol. The molecule has 0 bridgehead atoms. The summed E-state index contributed by atoms with van der Waals surface area (Å²) in [5, 5.41) is 3.01. The Morgan fingerprint density at radius 3 is 2.43 bits per heavy atom. The molecule has 0 aromatic carbocycles. The second-order valence-electron chi connectivity index (χ2n) is 6.01. The van der Waals surface area contributed by atoms with Crippen molar-refractivity contribution in [2.24, 2.45) is 5.92 Å². The van der Waals surface area contributed by atoms with Crippen molar-refractivity contribution in [2.75, 3.05) is 7.05 Å². The van der Waals surface area contributed by atoms with Crippen molar-refractivity contribution in [2.45, 2.75) is 63.9 Å². The molecule has 1 fully saturated rings. The van der Waals surface area contributed by atoms with Crippen molar-refractivity contribution >= 4 is 10.0 Å². The van der Waals surface area contributed by atoms with E-state index in [1.54, 1.807) is 20.9 Å². The number of rotatable bonds is 6. The van der Waals surface area contributed by atoms with E-state index in [0.717, 1.165) is 18.4 Å². The summed E-state index contributed by atoms with van der Waals surface area (Å²) < 4.78 is 33.8. The van der Waals surface area contributed by atoms with Crippen LogP contribution in [0.1, 0.15) is 49.7 Å². The molecule has 6 heteroatoms. The van der Waals surface area contributed by atoms with Gasteiger partial charge in [0.15, 0.2) is 0 Å². The zero-order chi connectivity index (χ0) is 15.6. The minimum absolute atomic E-state index is 0.0328. The maximum absolute atomic E-state index is 12.7. The van der Waals surface area contributed by atoms with Crippen LogP contribution in [0.25, 0.3) is 0 Å². The second-order valence-corrected chi connectivity index (χ2v) is 7.66. The molecule has 120 valence electrons. The molecule has 2 N–H and O–H groups in total. The molecule has 1 saturated carbocycles. The van der Waals surface area contributed by atoms with E-state index in [-0.39, 0.29) is 6.04 Å². The molecule has 0 aliphatic heterocycles. The first-order chi connectivity index (χ1) is 9.86. The van der Waals surface area contributed by atoms with Crippen molar-refractivity contribution in [3.63, 3.8) is 0 Å². The largest absolute Gasteiger partial charge is 0.465 e. The standard InChI is InChI=1S/C15H26N2O3S/c1-10(13-7-5-6-8-13)17-21(18,19)15-12(3)20-11(2)14(15)9-16-4/h10,13,16-17H,5-9H2,1-4H3. The number of hydrogen-bond acceptors (Lipinski definition) is 4. The van der Waals surface area contributed by atoms with E-state index in [2.05, 4.69) is 10.0 Å². The van der Waals surface area contributed by atoms with Crippen LogP contribution in [-0.4, -0.2) is 21.5 Å². The van der Waals surface area contributed by atoms with Crippen LogP contribution < -0.4 is 10.0 Å². The van der Waals surface area contributed by atoms with Crippen molar-refractivity contribution in [3.05, 3.63) is 17.1 Å². The van der Waals surface area contributed by atoms with Gasteiger partial charge in [0.25, 0.3) is 0 Å². The summed E-state index contributed by atoms with van der Waals surface area (Å²) in [4.78, 5) is 0.305. The maximum Gasteiger partial charge on any atom is 0.244 e. The first kappa shape index (κ1) is 16.5. The first-order valence-corrected chi connectivity index (χ1v) is 9.11. The van der Waals surface area contributed by atoms with Crippen LogP contribution in [-0.2, 0) is 16.6 Å². The molecule has 0 spiro atoms. The van der Waals surface area contributed by atoms with Gasteiger partial charge < -0.3 is 9.73 Å². The maximum atomic E-state index is 12.7. The van der Waals surface area contributed by atoms with E-state index in [4.69, 9.17) is 4.42 Å². The van der Waals surface area contributed by atoms with Crippen LogP contribution in [0, 0.1) is 19.8 Å². The molecule has 5 nitrogen and oxygen atoms in total. The number of furan rings is 1. The Morgan fingerprint density at radius 1 is 1.24 bits per heavy atom. The zero-order valence-corrected chi connectivity index (χ0v) is 14.1. The quantitative estimate of drug-likeness (QED) is 0.846. The minimum Gasteiger partial charge on any atom is -0.465 e. The molecule has 1 atom stereocenters. The molecule has 1 aromatic heterocycles. The van der Waals surface area contributed by atoms with Crippen LogP contribution in [0.4, 0.5) is 0 Å². The molecule has 1 aliphatic rings. The Bertz CT molecular complexity index is 586. The third-order valence-electron chi connectivity index (χ3n) is 4.40. The SMILES string of the molecule is CNCc1c(C)oc(C)c1S(=O)(=O)NC(C)C1CCCC1. The van der Waals surface area contributed by atoms with Gasteiger partial charge in [0.2, 0.25) is 10.0 Å². The third kappa shape index (κ3) is 3.49. The molecule has 0 saturated heterocycles. The Hall–Kier alpha value is -0.850. The van der Waals surface area contributed by atoms with Gasteiger partial charge in [-0.05, 0) is 46.6 Å². The topological polar surface area (TPSA) is 71.3 Å². The third-order valence-corrected chi connectivity index (χ3v) is 6.15. The predicted octanol–water partition coefficient (Wildman–Crippen LogP) is 2.47. The smallest absolute Gasteiger partial charge is 0.244 e. The van der Waals surface area contributed by atoms with E-state index in [0.29, 0.717) is 28.9 Å². The van der Waals surface area contributed by atoms with Crippen molar-refractivity contribution < 1.29 is 12.8 Å². The molecule has 1 aromatic rings. The lowest BCUT2D eigenvalue weighted by molar-refractivity contribution is 0.423. The van der Waals surface area contributed by atoms with E-state index < -0.39 is 10.0 Å². The molecule has 1 unspecified atom stereocenters. The number of sulfonamides is 1.